The second-order valence-electron chi connectivity index (χ2n) is 15.3. The number of unbranched alkanes of at least 4 members (excludes halogenated alkanes) is 3. The van der Waals surface area contributed by atoms with Crippen molar-refractivity contribution in [2.45, 2.75) is 148 Å². The lowest BCUT2D eigenvalue weighted by Crippen LogP contribution is -2.01. The molecule has 3 aromatic heterocycles. The number of halogens is 2. The van der Waals surface area contributed by atoms with Crippen LogP contribution < -0.4 is 10.7 Å². The van der Waals surface area contributed by atoms with Crippen LogP contribution in [0.4, 0.5) is 26.1 Å². The quantitative estimate of drug-likeness (QED) is 0.106. The summed E-state index contributed by atoms with van der Waals surface area (Å²) in [7, 11) is 0. The van der Waals surface area contributed by atoms with Crippen LogP contribution in [0.15, 0.2) is 68.2 Å². The third-order valence-electron chi connectivity index (χ3n) is 8.12. The zero-order valence-electron chi connectivity index (χ0n) is 37.3. The summed E-state index contributed by atoms with van der Waals surface area (Å²) in [4.78, 5) is 24.8. The Labute approximate surface area is 346 Å². The molecule has 57 heavy (non-hydrogen) atoms. The van der Waals surface area contributed by atoms with E-state index in [1.54, 1.807) is 33.8 Å². The van der Waals surface area contributed by atoms with Crippen molar-refractivity contribution < 1.29 is 13.2 Å². The second-order valence-corrected chi connectivity index (χ2v) is 16.1. The monoisotopic (exact) mass is 805 g/mol. The predicted molar refractivity (Wildman–Crippen MR) is 245 cm³/mol. The Balaban J connectivity index is 0.000000675. The lowest BCUT2D eigenvalue weighted by molar-refractivity contribution is 0.482. The first kappa shape index (κ1) is 50.8. The molecule has 6 nitrogen and oxygen atoms in total. The smallest absolute Gasteiger partial charge is 0.227 e. The number of anilines is 2. The third-order valence-corrected chi connectivity index (χ3v) is 9.10. The maximum Gasteiger partial charge on any atom is 0.227 e. The van der Waals surface area contributed by atoms with Gasteiger partial charge >= 0.3 is 0 Å². The fourth-order valence-corrected chi connectivity index (χ4v) is 5.85. The molecule has 0 bridgehead atoms. The molecule has 2 aromatic carbocycles. The van der Waals surface area contributed by atoms with Crippen LogP contribution in [0.5, 0.6) is 0 Å². The number of rotatable bonds is 11. The molecule has 5 aromatic rings. The molecule has 0 radical (unpaired) electrons. The van der Waals surface area contributed by atoms with Crippen LogP contribution in [0, 0.1) is 37.3 Å². The zero-order valence-corrected chi connectivity index (χ0v) is 38.1. The van der Waals surface area contributed by atoms with Crippen molar-refractivity contribution in [3.8, 4) is 22.4 Å². The minimum Gasteiger partial charge on any atom is -0.460 e. The molecule has 1 unspecified atom stereocenters. The van der Waals surface area contributed by atoms with Gasteiger partial charge in [0.1, 0.15) is 27.7 Å². The molecule has 0 aliphatic carbocycles. The van der Waals surface area contributed by atoms with Gasteiger partial charge in [0, 0.05) is 34.0 Å². The van der Waals surface area contributed by atoms with Gasteiger partial charge in [-0.05, 0) is 74.9 Å². The van der Waals surface area contributed by atoms with Crippen LogP contribution >= 0.6 is 11.3 Å². The van der Waals surface area contributed by atoms with Gasteiger partial charge in [-0.15, -0.1) is 11.3 Å². The summed E-state index contributed by atoms with van der Waals surface area (Å²) in [5.41, 5.74) is 4.67. The van der Waals surface area contributed by atoms with Crippen LogP contribution in [0.1, 0.15) is 146 Å². The first-order valence-electron chi connectivity index (χ1n) is 20.8. The molecule has 9 heteroatoms. The fourth-order valence-electron chi connectivity index (χ4n) is 4.94. The predicted octanol–water partition coefficient (Wildman–Crippen LogP) is 16.2. The van der Waals surface area contributed by atoms with Crippen molar-refractivity contribution in [3.05, 3.63) is 87.2 Å². The molecule has 0 amide bonds. The number of nitrogens with one attached hydrogen (secondary N) is 1. The summed E-state index contributed by atoms with van der Waals surface area (Å²) >= 11 is 1.35. The highest BCUT2D eigenvalue weighted by Crippen LogP contribution is 2.34. The van der Waals surface area contributed by atoms with E-state index in [0.29, 0.717) is 38.6 Å². The third kappa shape index (κ3) is 18.3. The number of fused-ring (bicyclic) bond motifs is 1. The average molecular weight is 805 g/mol. The highest BCUT2D eigenvalue weighted by atomic mass is 32.1. The van der Waals surface area contributed by atoms with E-state index in [1.807, 2.05) is 29.6 Å². The van der Waals surface area contributed by atoms with Crippen LogP contribution in [0.3, 0.4) is 0 Å². The van der Waals surface area contributed by atoms with E-state index >= 15 is 0 Å². The number of aliphatic imine (C=N–C) groups is 1. The zero-order chi connectivity index (χ0) is 43.1. The van der Waals surface area contributed by atoms with Gasteiger partial charge in [0.25, 0.3) is 0 Å². The summed E-state index contributed by atoms with van der Waals surface area (Å²) in [5.74, 6) is 1.29. The lowest BCUT2D eigenvalue weighted by Gasteiger charge is -2.10. The Morgan fingerprint density at radius 1 is 0.860 bits per heavy atom. The summed E-state index contributed by atoms with van der Waals surface area (Å²) in [6, 6.07) is 11.8. The highest BCUT2D eigenvalue weighted by Gasteiger charge is 2.16. The molecule has 0 spiro atoms. The Bertz CT molecular complexity index is 1950. The average Bonchev–Trinajstić information content (AvgIpc) is 3.59. The van der Waals surface area contributed by atoms with Crippen LogP contribution in [0.25, 0.3) is 32.7 Å². The maximum absolute atomic E-state index is 14.7. The Kier molecular flexibility index (Phi) is 24.4. The van der Waals surface area contributed by atoms with Crippen LogP contribution in [-0.4, -0.2) is 15.7 Å². The first-order chi connectivity index (χ1) is 27.1. The Morgan fingerprint density at radius 3 is 2.00 bits per heavy atom. The molecule has 0 fully saturated rings. The fraction of sp³-hybridized carbons (Fsp3) is 0.500. The molecule has 1 atom stereocenters. The summed E-state index contributed by atoms with van der Waals surface area (Å²) in [5, 5.41) is 4.96. The van der Waals surface area contributed by atoms with Crippen molar-refractivity contribution in [1.29, 1.82) is 0 Å². The highest BCUT2D eigenvalue weighted by molar-refractivity contribution is 7.17. The van der Waals surface area contributed by atoms with Crippen LogP contribution in [-0.2, 0) is 0 Å². The van der Waals surface area contributed by atoms with Gasteiger partial charge < -0.3 is 9.73 Å². The van der Waals surface area contributed by atoms with Gasteiger partial charge in [-0.3, -0.25) is 9.79 Å². The number of aromatic nitrogens is 2. The summed E-state index contributed by atoms with van der Waals surface area (Å²) < 4.78 is 35.7. The standard InChI is InChI=1S/C28H22F2N4O2S.C9H20.2C4H10.C3H8/c1-14(2)32-24-15(3)9-18(11-21(24)29)25-22(30)12-31-28(34-25)33-19-7-5-17(6-8-19)20-13-37-27-23(35)10-16(4)36-26(20)27;1-4-6-7-8-9(3)5-2;1-4(2)3;1-3-4-2;1-3-2/h5-13H,1-4H3,(H,31,33,34);9H,4-8H2,1-3H3;4H,1-3H3;3-4H2,1-2H3;3H2,1-2H3. The first-order valence-corrected chi connectivity index (χ1v) is 21.7. The van der Waals surface area contributed by atoms with Gasteiger partial charge in [-0.1, -0.05) is 133 Å². The van der Waals surface area contributed by atoms with Crippen molar-refractivity contribution >= 4 is 44.7 Å². The van der Waals surface area contributed by atoms with E-state index in [9.17, 15) is 13.6 Å². The number of aryl methyl sites for hydroxylation is 2. The molecule has 0 saturated heterocycles. The number of hydrogen-bond donors (Lipinski definition) is 1. The van der Waals surface area contributed by atoms with Crippen molar-refractivity contribution in [1.82, 2.24) is 9.97 Å². The van der Waals surface area contributed by atoms with Crippen molar-refractivity contribution in [2.75, 3.05) is 5.32 Å². The molecule has 5 rings (SSSR count). The maximum atomic E-state index is 14.7. The second kappa shape index (κ2) is 27.4. The number of hydrogen-bond acceptors (Lipinski definition) is 7. The Morgan fingerprint density at radius 2 is 1.47 bits per heavy atom. The molecule has 0 aliphatic rings. The molecular formula is C48H70F2N4O2S. The molecule has 1 N–H and O–H groups in total. The molecule has 0 aliphatic heterocycles. The van der Waals surface area contributed by atoms with Gasteiger partial charge in [0.15, 0.2) is 11.4 Å². The Hall–Kier alpha value is -4.24. The van der Waals surface area contributed by atoms with Gasteiger partial charge in [0.2, 0.25) is 11.4 Å². The van der Waals surface area contributed by atoms with Gasteiger partial charge in [-0.2, -0.15) is 0 Å². The van der Waals surface area contributed by atoms with E-state index in [1.165, 1.54) is 74.8 Å². The number of benzene rings is 2. The number of thiophene rings is 1. The number of nitrogens with zero attached hydrogens (tertiary/aromatic N) is 3. The van der Waals surface area contributed by atoms with Gasteiger partial charge in [0.05, 0.1) is 6.20 Å². The van der Waals surface area contributed by atoms with Crippen LogP contribution in [0.2, 0.25) is 0 Å². The molecule has 0 saturated carbocycles. The van der Waals surface area contributed by atoms with E-state index in [2.05, 4.69) is 89.5 Å². The van der Waals surface area contributed by atoms with E-state index in [-0.39, 0.29) is 22.8 Å². The summed E-state index contributed by atoms with van der Waals surface area (Å²) in [6.07, 6.45) is 11.9. The minimum absolute atomic E-state index is 0.0185. The normalized spacial score (nSPS) is 10.8. The topological polar surface area (TPSA) is 80.4 Å². The van der Waals surface area contributed by atoms with Crippen molar-refractivity contribution in [2.24, 2.45) is 16.8 Å². The van der Waals surface area contributed by atoms with Crippen molar-refractivity contribution in [3.63, 3.8) is 0 Å². The van der Waals surface area contributed by atoms with E-state index in [4.69, 9.17) is 4.42 Å². The molecule has 3 heterocycles. The van der Waals surface area contributed by atoms with Gasteiger partial charge in [-0.25, -0.2) is 18.7 Å². The summed E-state index contributed by atoms with van der Waals surface area (Å²) in [6.45, 7) is 29.0. The molecule has 314 valence electrons. The molecular weight excluding hydrogens is 735 g/mol. The largest absolute Gasteiger partial charge is 0.460 e. The SMILES string of the molecule is CC(C)=Nc1c(C)cc(-c2nc(Nc3ccc(-c4csc5c(=O)cc(C)oc45)cc3)ncc2F)cc1F.CC(C)C.CCC.CCCC.CCCCCC(C)CC. The lowest BCUT2D eigenvalue weighted by atomic mass is 10.0. The minimum atomic E-state index is -0.663. The van der Waals surface area contributed by atoms with E-state index in [0.717, 1.165) is 29.2 Å². The van der Waals surface area contributed by atoms with E-state index < -0.39 is 11.6 Å².